The fraction of sp³-hybridized carbons (Fsp3) is 0.522. The molecule has 8 heteroatoms. The van der Waals surface area contributed by atoms with E-state index in [1.807, 2.05) is 31.7 Å². The molecule has 2 aliphatic rings. The van der Waals surface area contributed by atoms with Crippen molar-refractivity contribution < 1.29 is 18.7 Å². The van der Waals surface area contributed by atoms with E-state index in [0.717, 1.165) is 28.6 Å². The zero-order valence-corrected chi connectivity index (χ0v) is 18.5. The number of nitrogens with one attached hydrogen (secondary N) is 1. The first kappa shape index (κ1) is 21.2. The van der Waals surface area contributed by atoms with Gasteiger partial charge < -0.3 is 24.3 Å². The van der Waals surface area contributed by atoms with Crippen molar-refractivity contribution >= 4 is 28.9 Å². The van der Waals surface area contributed by atoms with Crippen LogP contribution in [0.5, 0.6) is 0 Å². The summed E-state index contributed by atoms with van der Waals surface area (Å²) < 4.78 is 11.7. The Hall–Kier alpha value is -3.03. The number of aryl methyl sites for hydroxylation is 2. The quantitative estimate of drug-likeness (QED) is 0.794. The summed E-state index contributed by atoms with van der Waals surface area (Å²) in [5.41, 5.74) is 4.48. The fourth-order valence-electron chi connectivity index (χ4n) is 4.20. The Balaban J connectivity index is 1.58. The molecule has 0 aliphatic carbocycles. The second kappa shape index (κ2) is 8.99. The Labute approximate surface area is 182 Å². The highest BCUT2D eigenvalue weighted by Crippen LogP contribution is 2.26. The van der Waals surface area contributed by atoms with Crippen LogP contribution in [0.2, 0.25) is 0 Å². The number of hydrogen-bond donors (Lipinski definition) is 1. The molecule has 1 aromatic heterocycles. The van der Waals surface area contributed by atoms with Gasteiger partial charge in [-0.05, 0) is 50.8 Å². The summed E-state index contributed by atoms with van der Waals surface area (Å²) in [6, 6.07) is 4.59. The van der Waals surface area contributed by atoms with Gasteiger partial charge >= 0.3 is 0 Å². The largest absolute Gasteiger partial charge is 0.498 e. The van der Waals surface area contributed by atoms with Gasteiger partial charge in [0.05, 0.1) is 12.2 Å². The minimum atomic E-state index is -0.0609. The Kier molecular flexibility index (Phi) is 6.15. The number of carbonyl (C=O) groups excluding carboxylic acids is 2. The molecule has 31 heavy (non-hydrogen) atoms. The zero-order chi connectivity index (χ0) is 22.0. The Morgan fingerprint density at radius 1 is 1.10 bits per heavy atom. The summed E-state index contributed by atoms with van der Waals surface area (Å²) in [5.74, 6) is 0.586. The lowest BCUT2D eigenvalue weighted by Crippen LogP contribution is -2.45. The number of aromatic nitrogens is 1. The van der Waals surface area contributed by atoms with Crippen LogP contribution < -0.4 is 10.2 Å². The topological polar surface area (TPSA) is 87.9 Å². The normalized spacial score (nSPS) is 18.7. The molecule has 1 saturated heterocycles. The van der Waals surface area contributed by atoms with Crippen molar-refractivity contribution in [3.8, 4) is 0 Å². The lowest BCUT2D eigenvalue weighted by atomic mass is 10.1. The van der Waals surface area contributed by atoms with E-state index >= 15 is 0 Å². The maximum Gasteiger partial charge on any atom is 0.298 e. The van der Waals surface area contributed by atoms with Gasteiger partial charge in [0.15, 0.2) is 5.58 Å². The first-order valence-electron chi connectivity index (χ1n) is 10.9. The van der Waals surface area contributed by atoms with Crippen molar-refractivity contribution in [3.63, 3.8) is 0 Å². The Morgan fingerprint density at radius 2 is 1.94 bits per heavy atom. The number of anilines is 1. The number of ether oxygens (including phenoxy) is 1. The van der Waals surface area contributed by atoms with Crippen LogP contribution in [0.15, 0.2) is 27.9 Å². The lowest BCUT2D eigenvalue weighted by molar-refractivity contribution is -0.128. The van der Waals surface area contributed by atoms with Crippen LogP contribution in [0.4, 0.5) is 6.01 Å². The summed E-state index contributed by atoms with van der Waals surface area (Å²) in [6.45, 7) is 9.03. The molecule has 2 aromatic rings. The number of fused-ring (bicyclic) bond motifs is 1. The summed E-state index contributed by atoms with van der Waals surface area (Å²) in [4.78, 5) is 33.9. The van der Waals surface area contributed by atoms with Crippen molar-refractivity contribution in [1.29, 1.82) is 0 Å². The smallest absolute Gasteiger partial charge is 0.298 e. The van der Waals surface area contributed by atoms with Crippen molar-refractivity contribution in [2.75, 3.05) is 44.2 Å². The second-order valence-electron chi connectivity index (χ2n) is 8.29. The predicted molar refractivity (Wildman–Crippen MR) is 118 cm³/mol. The van der Waals surface area contributed by atoms with E-state index in [-0.39, 0.29) is 11.8 Å². The zero-order valence-electron chi connectivity index (χ0n) is 18.5. The van der Waals surface area contributed by atoms with E-state index < -0.39 is 0 Å². The monoisotopic (exact) mass is 426 g/mol. The molecule has 4 rings (SSSR count). The third kappa shape index (κ3) is 4.68. The van der Waals surface area contributed by atoms with Gasteiger partial charge in [0.1, 0.15) is 11.3 Å². The van der Waals surface area contributed by atoms with E-state index in [0.29, 0.717) is 69.5 Å². The number of oxazole rings is 1. The van der Waals surface area contributed by atoms with Crippen LogP contribution in [0.25, 0.3) is 11.1 Å². The average Bonchev–Trinajstić information content (AvgIpc) is 3.16. The molecule has 1 N–H and O–H groups in total. The third-order valence-corrected chi connectivity index (χ3v) is 5.89. The van der Waals surface area contributed by atoms with Crippen molar-refractivity contribution in [2.45, 2.75) is 40.0 Å². The summed E-state index contributed by atoms with van der Waals surface area (Å²) in [6.07, 6.45) is 1.83. The van der Waals surface area contributed by atoms with Crippen molar-refractivity contribution in [3.05, 3.63) is 34.6 Å². The fourth-order valence-corrected chi connectivity index (χ4v) is 4.20. The van der Waals surface area contributed by atoms with Gasteiger partial charge in [-0.15, -0.1) is 0 Å². The van der Waals surface area contributed by atoms with Crippen LogP contribution in [0.3, 0.4) is 0 Å². The molecule has 0 radical (unpaired) electrons. The van der Waals surface area contributed by atoms with Gasteiger partial charge in [0, 0.05) is 39.1 Å². The number of nitrogens with zero attached hydrogens (tertiary/aromatic N) is 3. The molecule has 0 saturated carbocycles. The molecular formula is C23H30N4O4. The van der Waals surface area contributed by atoms with Crippen molar-refractivity contribution in [2.24, 2.45) is 0 Å². The molecular weight excluding hydrogens is 396 g/mol. The van der Waals surface area contributed by atoms with E-state index in [1.165, 1.54) is 0 Å². The summed E-state index contributed by atoms with van der Waals surface area (Å²) >= 11 is 0. The molecule has 1 fully saturated rings. The summed E-state index contributed by atoms with van der Waals surface area (Å²) in [5, 5.41) is 2.93. The Bertz CT molecular complexity index is 1030. The van der Waals surface area contributed by atoms with Crippen LogP contribution in [0.1, 0.15) is 37.3 Å². The summed E-state index contributed by atoms with van der Waals surface area (Å²) in [7, 11) is 0. The molecule has 3 heterocycles. The highest BCUT2D eigenvalue weighted by Gasteiger charge is 2.26. The molecule has 0 spiro atoms. The maximum atomic E-state index is 13.2. The minimum absolute atomic E-state index is 0.0467. The molecule has 0 bridgehead atoms. The molecule has 1 aromatic carbocycles. The Morgan fingerprint density at radius 3 is 2.74 bits per heavy atom. The average molecular weight is 427 g/mol. The van der Waals surface area contributed by atoms with E-state index in [4.69, 9.17) is 9.15 Å². The lowest BCUT2D eigenvalue weighted by Gasteiger charge is -2.30. The third-order valence-electron chi connectivity index (χ3n) is 5.89. The van der Waals surface area contributed by atoms with E-state index in [2.05, 4.69) is 16.4 Å². The second-order valence-corrected chi connectivity index (χ2v) is 8.29. The van der Waals surface area contributed by atoms with Gasteiger partial charge in [-0.25, -0.2) is 0 Å². The van der Waals surface area contributed by atoms with E-state index in [9.17, 15) is 9.59 Å². The van der Waals surface area contributed by atoms with Gasteiger partial charge in [0.2, 0.25) is 5.91 Å². The molecule has 8 nitrogen and oxygen atoms in total. The molecule has 0 atom stereocenters. The number of amides is 2. The van der Waals surface area contributed by atoms with Gasteiger partial charge in [0.25, 0.3) is 11.9 Å². The van der Waals surface area contributed by atoms with Crippen LogP contribution in [-0.4, -0.2) is 61.0 Å². The highest BCUT2D eigenvalue weighted by atomic mass is 16.5. The SMILES string of the molecule is CC1=C(C(=O)N2CCC(=O)NCCN(c3nc4cc(C)cc(C)c4o3)CC2)CCCO1. The molecule has 2 aliphatic heterocycles. The van der Waals surface area contributed by atoms with Gasteiger partial charge in [-0.1, -0.05) is 6.07 Å². The van der Waals surface area contributed by atoms with E-state index in [1.54, 1.807) is 4.90 Å². The first-order chi connectivity index (χ1) is 14.9. The number of rotatable bonds is 2. The molecule has 166 valence electrons. The minimum Gasteiger partial charge on any atom is -0.498 e. The van der Waals surface area contributed by atoms with Crippen molar-refractivity contribution in [1.82, 2.24) is 15.2 Å². The predicted octanol–water partition coefficient (Wildman–Crippen LogP) is 2.68. The number of hydrogen-bond acceptors (Lipinski definition) is 6. The molecule has 2 amide bonds. The highest BCUT2D eigenvalue weighted by molar-refractivity contribution is 5.94. The molecule has 0 unspecified atom stereocenters. The van der Waals surface area contributed by atoms with Crippen LogP contribution in [0, 0.1) is 13.8 Å². The van der Waals surface area contributed by atoms with Crippen LogP contribution in [-0.2, 0) is 14.3 Å². The van der Waals surface area contributed by atoms with Gasteiger partial charge in [-0.3, -0.25) is 9.59 Å². The number of benzene rings is 1. The van der Waals surface area contributed by atoms with Crippen LogP contribution >= 0.6 is 0 Å². The number of allylic oxidation sites excluding steroid dienone is 1. The first-order valence-corrected chi connectivity index (χ1v) is 10.9. The van der Waals surface area contributed by atoms with Gasteiger partial charge in [-0.2, -0.15) is 4.98 Å². The number of carbonyl (C=O) groups is 2. The maximum absolute atomic E-state index is 13.2. The standard InChI is InChI=1S/C23H30N4O4/c1-15-13-16(2)21-19(14-15)25-23(31-21)27-9-7-24-20(28)6-8-26(10-11-27)22(29)18-5-4-12-30-17(18)3/h13-14H,4-12H2,1-3H3,(H,24,28).